The van der Waals surface area contributed by atoms with Crippen molar-refractivity contribution in [2.75, 3.05) is 5.32 Å². The van der Waals surface area contributed by atoms with Crippen LogP contribution in [0.25, 0.3) is 0 Å². The van der Waals surface area contributed by atoms with Crippen LogP contribution in [-0.2, 0) is 6.54 Å². The molecule has 2 aromatic carbocycles. The molecular formula is C15H14N2O4. The molecule has 0 aliphatic heterocycles. The zero-order valence-electron chi connectivity index (χ0n) is 11.4. The maximum absolute atomic E-state index is 10.9. The average Bonchev–Trinajstić information content (AvgIpc) is 2.45. The lowest BCUT2D eigenvalue weighted by molar-refractivity contribution is -0.384. The van der Waals surface area contributed by atoms with Crippen molar-refractivity contribution in [3.8, 4) is 0 Å². The van der Waals surface area contributed by atoms with Gasteiger partial charge in [0.05, 0.1) is 10.5 Å². The topological polar surface area (TPSA) is 92.5 Å². The maximum Gasteiger partial charge on any atom is 0.335 e. The molecule has 0 aromatic heterocycles. The SMILES string of the molecule is Cc1cc(NCc2cccc(C(=O)O)c2)cc([N+](=O)[O-])c1. The van der Waals surface area contributed by atoms with Crippen LogP contribution in [0, 0.1) is 17.0 Å². The van der Waals surface area contributed by atoms with Crippen molar-refractivity contribution in [2.24, 2.45) is 0 Å². The normalized spacial score (nSPS) is 10.1. The number of aromatic carboxylic acids is 1. The molecule has 0 aliphatic carbocycles. The number of nitrogens with one attached hydrogen (secondary N) is 1. The molecule has 0 heterocycles. The number of hydrogen-bond acceptors (Lipinski definition) is 4. The van der Waals surface area contributed by atoms with Gasteiger partial charge >= 0.3 is 5.97 Å². The van der Waals surface area contributed by atoms with Crippen LogP contribution >= 0.6 is 0 Å². The summed E-state index contributed by atoms with van der Waals surface area (Å²) in [4.78, 5) is 21.3. The molecule has 2 aromatic rings. The summed E-state index contributed by atoms with van der Waals surface area (Å²) in [5, 5.41) is 22.8. The third-order valence-corrected chi connectivity index (χ3v) is 2.94. The largest absolute Gasteiger partial charge is 0.478 e. The molecule has 0 saturated heterocycles. The summed E-state index contributed by atoms with van der Waals surface area (Å²) < 4.78 is 0. The number of non-ortho nitro benzene ring substituents is 1. The Labute approximate surface area is 121 Å². The lowest BCUT2D eigenvalue weighted by Gasteiger charge is -2.08. The van der Waals surface area contributed by atoms with E-state index < -0.39 is 10.9 Å². The minimum Gasteiger partial charge on any atom is -0.478 e. The van der Waals surface area contributed by atoms with Crippen LogP contribution in [0.2, 0.25) is 0 Å². The second-order valence-electron chi connectivity index (χ2n) is 4.67. The number of nitro benzene ring substituents is 1. The van der Waals surface area contributed by atoms with Crippen LogP contribution in [0.15, 0.2) is 42.5 Å². The summed E-state index contributed by atoms with van der Waals surface area (Å²) in [6.07, 6.45) is 0. The van der Waals surface area contributed by atoms with E-state index in [1.807, 2.05) is 0 Å². The molecule has 0 aliphatic rings. The van der Waals surface area contributed by atoms with E-state index >= 15 is 0 Å². The highest BCUT2D eigenvalue weighted by atomic mass is 16.6. The summed E-state index contributed by atoms with van der Waals surface area (Å²) in [6.45, 7) is 2.17. The van der Waals surface area contributed by atoms with Gasteiger partial charge in [0.15, 0.2) is 0 Å². The number of hydrogen-bond donors (Lipinski definition) is 2. The van der Waals surface area contributed by atoms with Gasteiger partial charge in [-0.05, 0) is 36.2 Å². The molecule has 108 valence electrons. The molecule has 21 heavy (non-hydrogen) atoms. The Morgan fingerprint density at radius 2 is 2.05 bits per heavy atom. The second kappa shape index (κ2) is 6.04. The third kappa shape index (κ3) is 3.79. The Morgan fingerprint density at radius 3 is 2.71 bits per heavy atom. The summed E-state index contributed by atoms with van der Waals surface area (Å²) in [7, 11) is 0. The van der Waals surface area contributed by atoms with E-state index in [0.29, 0.717) is 12.2 Å². The molecule has 2 rings (SSSR count). The third-order valence-electron chi connectivity index (χ3n) is 2.94. The zero-order chi connectivity index (χ0) is 15.4. The van der Waals surface area contributed by atoms with Gasteiger partial charge in [0.1, 0.15) is 0 Å². The van der Waals surface area contributed by atoms with Crippen molar-refractivity contribution in [1.82, 2.24) is 0 Å². The Hall–Kier alpha value is -2.89. The van der Waals surface area contributed by atoms with Gasteiger partial charge in [-0.25, -0.2) is 4.79 Å². The number of nitrogens with zero attached hydrogens (tertiary/aromatic N) is 1. The molecule has 0 bridgehead atoms. The van der Waals surface area contributed by atoms with Crippen LogP contribution in [0.3, 0.4) is 0 Å². The Balaban J connectivity index is 2.14. The predicted octanol–water partition coefficient (Wildman–Crippen LogP) is 3.21. The molecule has 0 unspecified atom stereocenters. The van der Waals surface area contributed by atoms with E-state index in [0.717, 1.165) is 11.1 Å². The van der Waals surface area contributed by atoms with Gasteiger partial charge in [-0.1, -0.05) is 12.1 Å². The van der Waals surface area contributed by atoms with E-state index in [-0.39, 0.29) is 11.3 Å². The molecule has 0 fully saturated rings. The summed E-state index contributed by atoms with van der Waals surface area (Å²) in [5.41, 5.74) is 2.44. The number of carboxylic acids is 1. The highest BCUT2D eigenvalue weighted by Gasteiger charge is 2.08. The average molecular weight is 286 g/mol. The molecule has 6 nitrogen and oxygen atoms in total. The first-order valence-corrected chi connectivity index (χ1v) is 6.28. The number of nitro groups is 1. The molecule has 0 atom stereocenters. The van der Waals surface area contributed by atoms with Gasteiger partial charge in [0, 0.05) is 24.4 Å². The first kappa shape index (κ1) is 14.5. The van der Waals surface area contributed by atoms with Crippen molar-refractivity contribution >= 4 is 17.3 Å². The molecule has 0 amide bonds. The fourth-order valence-corrected chi connectivity index (χ4v) is 1.99. The van der Waals surface area contributed by atoms with E-state index in [1.54, 1.807) is 31.2 Å². The summed E-state index contributed by atoms with van der Waals surface area (Å²) >= 11 is 0. The first-order chi connectivity index (χ1) is 9.95. The van der Waals surface area contributed by atoms with Crippen LogP contribution in [0.4, 0.5) is 11.4 Å². The van der Waals surface area contributed by atoms with Crippen molar-refractivity contribution in [1.29, 1.82) is 0 Å². The first-order valence-electron chi connectivity index (χ1n) is 6.28. The van der Waals surface area contributed by atoms with E-state index in [4.69, 9.17) is 5.11 Å². The van der Waals surface area contributed by atoms with E-state index in [9.17, 15) is 14.9 Å². The van der Waals surface area contributed by atoms with Gasteiger partial charge in [-0.15, -0.1) is 0 Å². The zero-order valence-corrected chi connectivity index (χ0v) is 11.4. The lowest BCUT2D eigenvalue weighted by Crippen LogP contribution is -2.03. The van der Waals surface area contributed by atoms with Gasteiger partial charge in [0.25, 0.3) is 5.69 Å². The fourth-order valence-electron chi connectivity index (χ4n) is 1.99. The van der Waals surface area contributed by atoms with Gasteiger partial charge in [-0.2, -0.15) is 0 Å². The number of aryl methyl sites for hydroxylation is 1. The number of carboxylic acid groups (broad SMARTS) is 1. The van der Waals surface area contributed by atoms with Crippen molar-refractivity contribution < 1.29 is 14.8 Å². The Bertz CT molecular complexity index is 698. The van der Waals surface area contributed by atoms with Crippen LogP contribution < -0.4 is 5.32 Å². The van der Waals surface area contributed by atoms with Crippen LogP contribution in [0.1, 0.15) is 21.5 Å². The lowest BCUT2D eigenvalue weighted by atomic mass is 10.1. The van der Waals surface area contributed by atoms with Crippen LogP contribution in [-0.4, -0.2) is 16.0 Å². The molecule has 6 heteroatoms. The van der Waals surface area contributed by atoms with Gasteiger partial charge in [-0.3, -0.25) is 10.1 Å². The minimum absolute atomic E-state index is 0.0248. The van der Waals surface area contributed by atoms with E-state index in [1.165, 1.54) is 18.2 Å². The fraction of sp³-hybridized carbons (Fsp3) is 0.133. The summed E-state index contributed by atoms with van der Waals surface area (Å²) in [5.74, 6) is -0.983. The second-order valence-corrected chi connectivity index (χ2v) is 4.67. The molecule has 0 radical (unpaired) electrons. The number of anilines is 1. The monoisotopic (exact) mass is 286 g/mol. The molecule has 0 saturated carbocycles. The van der Waals surface area contributed by atoms with Crippen LogP contribution in [0.5, 0.6) is 0 Å². The number of benzene rings is 2. The van der Waals surface area contributed by atoms with Gasteiger partial charge < -0.3 is 10.4 Å². The molecule has 0 spiro atoms. The number of rotatable bonds is 5. The predicted molar refractivity (Wildman–Crippen MR) is 78.6 cm³/mol. The van der Waals surface area contributed by atoms with E-state index in [2.05, 4.69) is 5.32 Å². The van der Waals surface area contributed by atoms with Gasteiger partial charge in [0.2, 0.25) is 0 Å². The maximum atomic E-state index is 10.9. The smallest absolute Gasteiger partial charge is 0.335 e. The highest BCUT2D eigenvalue weighted by molar-refractivity contribution is 5.87. The quantitative estimate of drug-likeness (QED) is 0.650. The number of carbonyl (C=O) groups is 1. The highest BCUT2D eigenvalue weighted by Crippen LogP contribution is 2.21. The summed E-state index contributed by atoms with van der Waals surface area (Å²) in [6, 6.07) is 11.3. The minimum atomic E-state index is -0.983. The standard InChI is InChI=1S/C15H14N2O4/c1-10-5-13(8-14(6-10)17(20)21)16-9-11-3-2-4-12(7-11)15(18)19/h2-8,16H,9H2,1H3,(H,18,19). The Morgan fingerprint density at radius 1 is 1.29 bits per heavy atom. The molecular weight excluding hydrogens is 272 g/mol. The van der Waals surface area contributed by atoms with Crippen molar-refractivity contribution in [2.45, 2.75) is 13.5 Å². The van der Waals surface area contributed by atoms with Crippen molar-refractivity contribution in [3.05, 3.63) is 69.3 Å². The molecule has 2 N–H and O–H groups in total. The Kier molecular flexibility index (Phi) is 4.18. The van der Waals surface area contributed by atoms with Crippen molar-refractivity contribution in [3.63, 3.8) is 0 Å².